The second-order valence-corrected chi connectivity index (χ2v) is 6.20. The van der Waals surface area contributed by atoms with E-state index >= 15 is 0 Å². The largest absolute Gasteiger partial charge is 0.313 e. The first-order chi connectivity index (χ1) is 8.10. The van der Waals surface area contributed by atoms with Crippen LogP contribution in [0.25, 0.3) is 0 Å². The van der Waals surface area contributed by atoms with Crippen molar-refractivity contribution in [2.75, 3.05) is 6.54 Å². The molecule has 0 saturated carbocycles. The van der Waals surface area contributed by atoms with Crippen molar-refractivity contribution in [2.24, 2.45) is 0 Å². The summed E-state index contributed by atoms with van der Waals surface area (Å²) < 4.78 is 12.4. The molecular formula is C14H23NOS. The van der Waals surface area contributed by atoms with Gasteiger partial charge >= 0.3 is 0 Å². The minimum Gasteiger partial charge on any atom is -0.313 e. The van der Waals surface area contributed by atoms with Gasteiger partial charge in [-0.05, 0) is 38.9 Å². The van der Waals surface area contributed by atoms with Crippen LogP contribution >= 0.6 is 0 Å². The topological polar surface area (TPSA) is 29.1 Å². The van der Waals surface area contributed by atoms with Gasteiger partial charge in [-0.3, -0.25) is 4.21 Å². The van der Waals surface area contributed by atoms with Crippen LogP contribution in [0.4, 0.5) is 0 Å². The van der Waals surface area contributed by atoms with Gasteiger partial charge in [-0.25, -0.2) is 0 Å². The number of nitrogens with one attached hydrogen (secondary N) is 1. The summed E-state index contributed by atoms with van der Waals surface area (Å²) in [5, 5.41) is 3.54. The average molecular weight is 253 g/mol. The van der Waals surface area contributed by atoms with E-state index in [0.29, 0.717) is 6.04 Å². The standard InChI is InChI=1S/C14H23NOS/c1-5-14(15-6-2)12(4)17(16)13-9-7-11(3)8-10-13/h7-10,12,14-15H,5-6H2,1-4H3. The SMILES string of the molecule is CCNC(CC)C(C)S(=O)c1ccc(C)cc1. The van der Waals surface area contributed by atoms with Gasteiger partial charge < -0.3 is 5.32 Å². The van der Waals surface area contributed by atoms with E-state index in [-0.39, 0.29) is 5.25 Å². The average Bonchev–Trinajstić information content (AvgIpc) is 2.35. The first-order valence-electron chi connectivity index (χ1n) is 6.30. The van der Waals surface area contributed by atoms with Crippen molar-refractivity contribution in [2.45, 2.75) is 50.3 Å². The van der Waals surface area contributed by atoms with E-state index in [4.69, 9.17) is 0 Å². The zero-order valence-corrected chi connectivity index (χ0v) is 12.0. The molecule has 1 aromatic carbocycles. The van der Waals surface area contributed by atoms with E-state index in [1.165, 1.54) is 5.56 Å². The minimum atomic E-state index is -0.930. The number of rotatable bonds is 6. The molecule has 3 atom stereocenters. The van der Waals surface area contributed by atoms with Crippen molar-refractivity contribution in [1.82, 2.24) is 5.32 Å². The van der Waals surface area contributed by atoms with E-state index in [9.17, 15) is 4.21 Å². The summed E-state index contributed by atoms with van der Waals surface area (Å²) in [6, 6.07) is 8.31. The molecule has 0 saturated heterocycles. The summed E-state index contributed by atoms with van der Waals surface area (Å²) >= 11 is 0. The van der Waals surface area contributed by atoms with Gasteiger partial charge in [-0.2, -0.15) is 0 Å². The van der Waals surface area contributed by atoms with Crippen LogP contribution in [0.15, 0.2) is 29.2 Å². The van der Waals surface area contributed by atoms with Crippen LogP contribution in [-0.2, 0) is 10.8 Å². The molecule has 0 fully saturated rings. The maximum atomic E-state index is 12.4. The van der Waals surface area contributed by atoms with Crippen LogP contribution in [0.3, 0.4) is 0 Å². The van der Waals surface area contributed by atoms with E-state index in [1.54, 1.807) is 0 Å². The molecule has 0 spiro atoms. The fraction of sp³-hybridized carbons (Fsp3) is 0.571. The minimum absolute atomic E-state index is 0.141. The van der Waals surface area contributed by atoms with E-state index < -0.39 is 10.8 Å². The normalized spacial score (nSPS) is 16.5. The van der Waals surface area contributed by atoms with Gasteiger partial charge in [0.1, 0.15) is 0 Å². The predicted octanol–water partition coefficient (Wildman–Crippen LogP) is 2.88. The maximum Gasteiger partial charge on any atom is 0.0573 e. The Morgan fingerprint density at radius 2 is 1.82 bits per heavy atom. The van der Waals surface area contributed by atoms with E-state index in [1.807, 2.05) is 31.2 Å². The fourth-order valence-corrected chi connectivity index (χ4v) is 3.36. The van der Waals surface area contributed by atoms with Crippen LogP contribution < -0.4 is 5.32 Å². The number of benzene rings is 1. The third-order valence-electron chi connectivity index (χ3n) is 3.06. The highest BCUT2D eigenvalue weighted by Crippen LogP contribution is 2.16. The van der Waals surface area contributed by atoms with Crippen LogP contribution in [0, 0.1) is 6.92 Å². The first-order valence-corrected chi connectivity index (χ1v) is 7.52. The van der Waals surface area contributed by atoms with Gasteiger partial charge in [0.05, 0.1) is 16.0 Å². The smallest absolute Gasteiger partial charge is 0.0573 e. The molecule has 0 aliphatic carbocycles. The van der Waals surface area contributed by atoms with E-state index in [0.717, 1.165) is 17.9 Å². The predicted molar refractivity (Wildman–Crippen MR) is 74.8 cm³/mol. The van der Waals surface area contributed by atoms with Gasteiger partial charge in [-0.15, -0.1) is 0 Å². The molecule has 0 radical (unpaired) electrons. The Labute approximate surface area is 107 Å². The summed E-state index contributed by atoms with van der Waals surface area (Å²) in [6.07, 6.45) is 1.01. The van der Waals surface area contributed by atoms with Gasteiger partial charge in [0, 0.05) is 10.9 Å². The lowest BCUT2D eigenvalue weighted by Gasteiger charge is -2.23. The zero-order valence-electron chi connectivity index (χ0n) is 11.2. The lowest BCUT2D eigenvalue weighted by atomic mass is 10.2. The Morgan fingerprint density at radius 3 is 2.29 bits per heavy atom. The van der Waals surface area contributed by atoms with Gasteiger partial charge in [0.15, 0.2) is 0 Å². The lowest BCUT2D eigenvalue weighted by Crippen LogP contribution is -2.39. The molecule has 3 unspecified atom stereocenters. The molecule has 3 heteroatoms. The third kappa shape index (κ3) is 3.93. The van der Waals surface area contributed by atoms with Crippen LogP contribution in [0.1, 0.15) is 32.8 Å². The van der Waals surface area contributed by atoms with Crippen LogP contribution in [-0.4, -0.2) is 22.0 Å². The van der Waals surface area contributed by atoms with Crippen molar-refractivity contribution in [1.29, 1.82) is 0 Å². The molecule has 96 valence electrons. The van der Waals surface area contributed by atoms with Crippen LogP contribution in [0.5, 0.6) is 0 Å². The highest BCUT2D eigenvalue weighted by Gasteiger charge is 2.21. The van der Waals surface area contributed by atoms with Gasteiger partial charge in [-0.1, -0.05) is 31.5 Å². The molecular weight excluding hydrogens is 230 g/mol. The number of hydrogen-bond donors (Lipinski definition) is 1. The Bertz CT molecular complexity index is 361. The van der Waals surface area contributed by atoms with Crippen molar-refractivity contribution >= 4 is 10.8 Å². The van der Waals surface area contributed by atoms with Crippen molar-refractivity contribution in [3.8, 4) is 0 Å². The second kappa shape index (κ2) is 6.92. The molecule has 0 amide bonds. The summed E-state index contributed by atoms with van der Waals surface area (Å²) in [4.78, 5) is 0.930. The lowest BCUT2D eigenvalue weighted by molar-refractivity contribution is 0.500. The van der Waals surface area contributed by atoms with Crippen molar-refractivity contribution < 1.29 is 4.21 Å². The third-order valence-corrected chi connectivity index (χ3v) is 4.80. The monoisotopic (exact) mass is 253 g/mol. The quantitative estimate of drug-likeness (QED) is 0.844. The van der Waals surface area contributed by atoms with Crippen LogP contribution in [0.2, 0.25) is 0 Å². The van der Waals surface area contributed by atoms with Crippen molar-refractivity contribution in [3.63, 3.8) is 0 Å². The highest BCUT2D eigenvalue weighted by molar-refractivity contribution is 7.85. The Hall–Kier alpha value is -0.670. The van der Waals surface area contributed by atoms with Gasteiger partial charge in [0.25, 0.3) is 0 Å². The van der Waals surface area contributed by atoms with E-state index in [2.05, 4.69) is 26.1 Å². The molecule has 0 aromatic heterocycles. The molecule has 1 rings (SSSR count). The molecule has 1 N–H and O–H groups in total. The fourth-order valence-electron chi connectivity index (χ4n) is 1.94. The molecule has 0 heterocycles. The Kier molecular flexibility index (Phi) is 5.86. The molecule has 0 aliphatic heterocycles. The summed E-state index contributed by atoms with van der Waals surface area (Å²) in [6.45, 7) is 9.25. The summed E-state index contributed by atoms with van der Waals surface area (Å²) in [5.41, 5.74) is 1.21. The zero-order chi connectivity index (χ0) is 12.8. The molecule has 0 aliphatic rings. The second-order valence-electron chi connectivity index (χ2n) is 4.39. The first kappa shape index (κ1) is 14.4. The van der Waals surface area contributed by atoms with Gasteiger partial charge in [0.2, 0.25) is 0 Å². The molecule has 0 bridgehead atoms. The molecule has 1 aromatic rings. The summed E-state index contributed by atoms with van der Waals surface area (Å²) in [5.74, 6) is 0. The maximum absolute atomic E-state index is 12.4. The summed E-state index contributed by atoms with van der Waals surface area (Å²) in [7, 11) is -0.930. The molecule has 2 nitrogen and oxygen atoms in total. The van der Waals surface area contributed by atoms with Crippen molar-refractivity contribution in [3.05, 3.63) is 29.8 Å². The number of hydrogen-bond acceptors (Lipinski definition) is 2. The number of aryl methyl sites for hydroxylation is 1. The Morgan fingerprint density at radius 1 is 1.24 bits per heavy atom. The molecule has 17 heavy (non-hydrogen) atoms. The Balaban J connectivity index is 2.77. The highest BCUT2D eigenvalue weighted by atomic mass is 32.2.